The average Bonchev–Trinajstić information content (AvgIpc) is 2.95. The summed E-state index contributed by atoms with van der Waals surface area (Å²) in [6, 6.07) is 0.123. The lowest BCUT2D eigenvalue weighted by Crippen LogP contribution is -2.43. The van der Waals surface area contributed by atoms with Crippen LogP contribution in [0.15, 0.2) is 0 Å². The van der Waals surface area contributed by atoms with E-state index >= 15 is 0 Å². The molecule has 1 fully saturated rings. The van der Waals surface area contributed by atoms with Gasteiger partial charge in [-0.3, -0.25) is 0 Å². The van der Waals surface area contributed by atoms with Gasteiger partial charge in [0.15, 0.2) is 0 Å². The number of aliphatic hydroxyl groups is 1. The lowest BCUT2D eigenvalue weighted by Gasteiger charge is -2.21. The third-order valence-electron chi connectivity index (χ3n) is 2.34. The maximum Gasteiger partial charge on any atom is 0.279 e. The van der Waals surface area contributed by atoms with Crippen LogP contribution in [0.4, 0.5) is 0 Å². The Bertz CT molecular complexity index is 275. The van der Waals surface area contributed by atoms with Crippen LogP contribution in [0.1, 0.15) is 32.6 Å². The van der Waals surface area contributed by atoms with Crippen molar-refractivity contribution in [2.75, 3.05) is 19.7 Å². The zero-order valence-electron chi connectivity index (χ0n) is 9.15. The molecule has 0 aromatic heterocycles. The molecule has 0 amide bonds. The molecule has 1 saturated carbocycles. The van der Waals surface area contributed by atoms with Gasteiger partial charge < -0.3 is 5.11 Å². The van der Waals surface area contributed by atoms with Gasteiger partial charge in [-0.15, -0.1) is 0 Å². The second-order valence-corrected chi connectivity index (χ2v) is 5.58. The molecule has 6 heteroatoms. The Hall–Kier alpha value is -0.170. The van der Waals surface area contributed by atoms with Crippen molar-refractivity contribution in [1.82, 2.24) is 9.03 Å². The lowest BCUT2D eigenvalue weighted by atomic mass is 10.3. The van der Waals surface area contributed by atoms with Crippen molar-refractivity contribution in [2.45, 2.75) is 38.6 Å². The number of rotatable bonds is 8. The summed E-state index contributed by atoms with van der Waals surface area (Å²) in [6.45, 7) is 2.55. The fraction of sp³-hybridized carbons (Fsp3) is 1.00. The van der Waals surface area contributed by atoms with Gasteiger partial charge in [-0.25, -0.2) is 0 Å². The molecule has 15 heavy (non-hydrogen) atoms. The normalized spacial score (nSPS) is 17.3. The van der Waals surface area contributed by atoms with Gasteiger partial charge in [0.2, 0.25) is 0 Å². The summed E-state index contributed by atoms with van der Waals surface area (Å²) in [4.78, 5) is 0. The van der Waals surface area contributed by atoms with E-state index in [9.17, 15) is 8.42 Å². The fourth-order valence-corrected chi connectivity index (χ4v) is 2.78. The number of hydrogen-bond acceptors (Lipinski definition) is 3. The van der Waals surface area contributed by atoms with Crippen LogP contribution in [0.3, 0.4) is 0 Å². The topological polar surface area (TPSA) is 69.6 Å². The first-order chi connectivity index (χ1) is 7.10. The highest BCUT2D eigenvalue weighted by Crippen LogP contribution is 2.20. The number of unbranched alkanes of at least 4 members (excludes halogenated alkanes) is 1. The molecule has 0 spiro atoms. The first-order valence-electron chi connectivity index (χ1n) is 5.48. The minimum absolute atomic E-state index is 0.123. The standard InChI is InChI=1S/C9H20N2O3S/c1-2-3-6-11(7-8-12)15(13,14)10-9-4-5-9/h9-10,12H,2-8H2,1H3. The van der Waals surface area contributed by atoms with Crippen LogP contribution in [0.5, 0.6) is 0 Å². The van der Waals surface area contributed by atoms with Gasteiger partial charge in [-0.05, 0) is 19.3 Å². The fourth-order valence-electron chi connectivity index (χ4n) is 1.28. The van der Waals surface area contributed by atoms with Crippen molar-refractivity contribution < 1.29 is 13.5 Å². The van der Waals surface area contributed by atoms with E-state index in [4.69, 9.17) is 5.11 Å². The molecule has 0 unspecified atom stereocenters. The van der Waals surface area contributed by atoms with Crippen LogP contribution in [-0.2, 0) is 10.2 Å². The first kappa shape index (κ1) is 12.9. The molecule has 0 aliphatic heterocycles. The number of aliphatic hydroxyl groups excluding tert-OH is 1. The van der Waals surface area contributed by atoms with Crippen molar-refractivity contribution in [2.24, 2.45) is 0 Å². The SMILES string of the molecule is CCCCN(CCO)S(=O)(=O)NC1CC1. The number of nitrogens with zero attached hydrogens (tertiary/aromatic N) is 1. The molecule has 2 N–H and O–H groups in total. The molecule has 1 aliphatic carbocycles. The quantitative estimate of drug-likeness (QED) is 0.627. The molecule has 0 heterocycles. The van der Waals surface area contributed by atoms with Gasteiger partial charge in [-0.1, -0.05) is 13.3 Å². The summed E-state index contributed by atoms with van der Waals surface area (Å²) >= 11 is 0. The van der Waals surface area contributed by atoms with E-state index in [1.165, 1.54) is 4.31 Å². The predicted octanol–water partition coefficient (Wildman–Crippen LogP) is 0.0776. The highest BCUT2D eigenvalue weighted by molar-refractivity contribution is 7.87. The van der Waals surface area contributed by atoms with Crippen molar-refractivity contribution in [3.05, 3.63) is 0 Å². The molecular formula is C9H20N2O3S. The van der Waals surface area contributed by atoms with E-state index in [0.29, 0.717) is 6.54 Å². The third-order valence-corrected chi connectivity index (χ3v) is 4.02. The van der Waals surface area contributed by atoms with E-state index < -0.39 is 10.2 Å². The number of hydrogen-bond donors (Lipinski definition) is 2. The Morgan fingerprint density at radius 1 is 1.40 bits per heavy atom. The van der Waals surface area contributed by atoms with Crippen LogP contribution in [0, 0.1) is 0 Å². The maximum absolute atomic E-state index is 11.8. The molecule has 0 aromatic rings. The summed E-state index contributed by atoms with van der Waals surface area (Å²) in [5.74, 6) is 0. The van der Waals surface area contributed by atoms with Gasteiger partial charge in [0.1, 0.15) is 0 Å². The largest absolute Gasteiger partial charge is 0.395 e. The first-order valence-corrected chi connectivity index (χ1v) is 6.92. The summed E-state index contributed by atoms with van der Waals surface area (Å²) in [5.41, 5.74) is 0. The zero-order chi connectivity index (χ0) is 11.3. The Kier molecular flexibility index (Phi) is 4.98. The summed E-state index contributed by atoms with van der Waals surface area (Å²) < 4.78 is 27.5. The number of nitrogens with one attached hydrogen (secondary N) is 1. The molecule has 1 aliphatic rings. The highest BCUT2D eigenvalue weighted by atomic mass is 32.2. The van der Waals surface area contributed by atoms with Crippen LogP contribution < -0.4 is 4.72 Å². The molecular weight excluding hydrogens is 216 g/mol. The summed E-state index contributed by atoms with van der Waals surface area (Å²) in [6.07, 6.45) is 3.63. The Labute approximate surface area is 91.7 Å². The van der Waals surface area contributed by atoms with E-state index in [2.05, 4.69) is 4.72 Å². The van der Waals surface area contributed by atoms with Gasteiger partial charge in [0.25, 0.3) is 10.2 Å². The van der Waals surface area contributed by atoms with E-state index in [1.54, 1.807) is 0 Å². The van der Waals surface area contributed by atoms with Crippen molar-refractivity contribution in [3.63, 3.8) is 0 Å². The van der Waals surface area contributed by atoms with Crippen LogP contribution >= 0.6 is 0 Å². The van der Waals surface area contributed by atoms with Gasteiger partial charge in [0.05, 0.1) is 6.61 Å². The summed E-state index contributed by atoms with van der Waals surface area (Å²) in [5, 5.41) is 8.82. The Balaban J connectivity index is 2.50. The van der Waals surface area contributed by atoms with Crippen molar-refractivity contribution >= 4 is 10.2 Å². The third kappa shape index (κ3) is 4.46. The molecule has 0 bridgehead atoms. The molecule has 90 valence electrons. The second kappa shape index (κ2) is 5.79. The molecule has 0 atom stereocenters. The minimum atomic E-state index is -3.37. The van der Waals surface area contributed by atoms with Gasteiger partial charge in [0, 0.05) is 19.1 Å². The highest BCUT2D eigenvalue weighted by Gasteiger charge is 2.30. The average molecular weight is 236 g/mol. The van der Waals surface area contributed by atoms with Crippen LogP contribution in [0.2, 0.25) is 0 Å². The predicted molar refractivity (Wildman–Crippen MR) is 58.6 cm³/mol. The molecule has 5 nitrogen and oxygen atoms in total. The van der Waals surface area contributed by atoms with E-state index in [0.717, 1.165) is 25.7 Å². The molecule has 0 saturated heterocycles. The van der Waals surface area contributed by atoms with Gasteiger partial charge in [-0.2, -0.15) is 17.4 Å². The smallest absolute Gasteiger partial charge is 0.279 e. The van der Waals surface area contributed by atoms with Gasteiger partial charge >= 0.3 is 0 Å². The van der Waals surface area contributed by atoms with E-state index in [-0.39, 0.29) is 19.2 Å². The van der Waals surface area contributed by atoms with Crippen LogP contribution in [0.25, 0.3) is 0 Å². The summed E-state index contributed by atoms with van der Waals surface area (Å²) in [7, 11) is -3.37. The lowest BCUT2D eigenvalue weighted by molar-refractivity contribution is 0.251. The maximum atomic E-state index is 11.8. The minimum Gasteiger partial charge on any atom is -0.395 e. The van der Waals surface area contributed by atoms with Crippen molar-refractivity contribution in [3.8, 4) is 0 Å². The van der Waals surface area contributed by atoms with Crippen LogP contribution in [-0.4, -0.2) is 43.6 Å². The second-order valence-electron chi connectivity index (χ2n) is 3.87. The Morgan fingerprint density at radius 2 is 2.07 bits per heavy atom. The van der Waals surface area contributed by atoms with E-state index in [1.807, 2.05) is 6.92 Å². The molecule has 1 rings (SSSR count). The Morgan fingerprint density at radius 3 is 2.53 bits per heavy atom. The zero-order valence-corrected chi connectivity index (χ0v) is 9.96. The monoisotopic (exact) mass is 236 g/mol. The molecule has 0 aromatic carbocycles. The molecule has 0 radical (unpaired) electrons. The van der Waals surface area contributed by atoms with Crippen molar-refractivity contribution in [1.29, 1.82) is 0 Å².